The van der Waals surface area contributed by atoms with E-state index in [1.807, 2.05) is 0 Å². The molecule has 1 aromatic rings. The first-order chi connectivity index (χ1) is 8.90. The maximum absolute atomic E-state index is 13.4. The summed E-state index contributed by atoms with van der Waals surface area (Å²) in [4.78, 5) is 11.6. The van der Waals surface area contributed by atoms with Crippen LogP contribution < -0.4 is 5.32 Å². The number of benzene rings is 1. The maximum Gasteiger partial charge on any atom is 0.220 e. The van der Waals surface area contributed by atoms with E-state index >= 15 is 0 Å². The van der Waals surface area contributed by atoms with Gasteiger partial charge in [-0.3, -0.25) is 4.79 Å². The molecule has 0 aliphatic carbocycles. The fourth-order valence-electron chi connectivity index (χ4n) is 2.96. The summed E-state index contributed by atoms with van der Waals surface area (Å²) in [7, 11) is 0. The average Bonchev–Trinajstić information content (AvgIpc) is 2.64. The van der Waals surface area contributed by atoms with E-state index in [0.717, 1.165) is 22.9 Å². The van der Waals surface area contributed by atoms with Gasteiger partial charge in [0.05, 0.1) is 0 Å². The molecule has 0 saturated carbocycles. The lowest BCUT2D eigenvalue weighted by Crippen LogP contribution is -2.44. The Morgan fingerprint density at radius 2 is 2.21 bits per heavy atom. The highest BCUT2D eigenvalue weighted by Gasteiger charge is 2.38. The van der Waals surface area contributed by atoms with Crippen molar-refractivity contribution in [1.29, 1.82) is 0 Å². The molecule has 0 aromatic heterocycles. The van der Waals surface area contributed by atoms with E-state index in [1.54, 1.807) is 12.1 Å². The van der Waals surface area contributed by atoms with Gasteiger partial charge in [0.2, 0.25) is 5.91 Å². The lowest BCUT2D eigenvalue weighted by atomic mass is 9.82. The normalized spacial score (nSPS) is 22.9. The molecule has 1 aliphatic heterocycles. The van der Waals surface area contributed by atoms with E-state index in [1.165, 1.54) is 6.07 Å². The summed E-state index contributed by atoms with van der Waals surface area (Å²) in [5.74, 6) is 0.362. The molecule has 1 aromatic carbocycles. The van der Waals surface area contributed by atoms with Crippen LogP contribution in [0.3, 0.4) is 0 Å². The third-order valence-corrected chi connectivity index (χ3v) is 4.34. The summed E-state index contributed by atoms with van der Waals surface area (Å²) < 4.78 is 14.3. The monoisotopic (exact) mass is 327 g/mol. The van der Waals surface area contributed by atoms with Crippen molar-refractivity contribution in [2.24, 2.45) is 5.92 Å². The molecule has 4 heteroatoms. The number of nitrogens with one attached hydrogen (secondary N) is 1. The van der Waals surface area contributed by atoms with Gasteiger partial charge < -0.3 is 5.32 Å². The predicted octanol–water partition coefficient (Wildman–Crippen LogP) is 3.83. The topological polar surface area (TPSA) is 29.1 Å². The number of amides is 1. The molecule has 19 heavy (non-hydrogen) atoms. The highest BCUT2D eigenvalue weighted by molar-refractivity contribution is 9.10. The molecular weight excluding hydrogens is 309 g/mol. The van der Waals surface area contributed by atoms with Crippen molar-refractivity contribution in [3.63, 3.8) is 0 Å². The third kappa shape index (κ3) is 3.56. The Morgan fingerprint density at radius 1 is 1.47 bits per heavy atom. The molecule has 2 nitrogen and oxygen atoms in total. The van der Waals surface area contributed by atoms with Crippen molar-refractivity contribution in [3.8, 4) is 0 Å². The molecular formula is C15H19BrFNO. The molecule has 0 spiro atoms. The highest BCUT2D eigenvalue weighted by atomic mass is 79.9. The molecule has 1 N–H and O–H groups in total. The number of halogens is 2. The second-order valence-corrected chi connectivity index (χ2v) is 6.69. The Kier molecular flexibility index (Phi) is 4.29. The molecule has 104 valence electrons. The van der Waals surface area contributed by atoms with E-state index in [-0.39, 0.29) is 17.3 Å². The molecule has 1 heterocycles. The third-order valence-electron chi connectivity index (χ3n) is 3.57. The average molecular weight is 328 g/mol. The molecule has 1 unspecified atom stereocenters. The van der Waals surface area contributed by atoms with Gasteiger partial charge >= 0.3 is 0 Å². The number of carbonyl (C=O) groups is 1. The molecule has 0 radical (unpaired) electrons. The van der Waals surface area contributed by atoms with Crippen molar-refractivity contribution in [1.82, 2.24) is 5.32 Å². The molecule has 1 fully saturated rings. The number of hydrogen-bond acceptors (Lipinski definition) is 1. The first kappa shape index (κ1) is 14.5. The minimum Gasteiger partial charge on any atom is -0.350 e. The maximum atomic E-state index is 13.4. The molecule has 1 aliphatic rings. The largest absolute Gasteiger partial charge is 0.350 e. The first-order valence-electron chi connectivity index (χ1n) is 6.65. The van der Waals surface area contributed by atoms with Gasteiger partial charge in [0.15, 0.2) is 0 Å². The Hall–Kier alpha value is -0.900. The van der Waals surface area contributed by atoms with Crippen molar-refractivity contribution in [2.75, 3.05) is 0 Å². The lowest BCUT2D eigenvalue weighted by Gasteiger charge is -2.31. The zero-order valence-corrected chi connectivity index (χ0v) is 12.9. The summed E-state index contributed by atoms with van der Waals surface area (Å²) in [5, 5.41) is 3.11. The van der Waals surface area contributed by atoms with Gasteiger partial charge in [0, 0.05) is 16.4 Å². The number of hydrogen-bond donors (Lipinski definition) is 1. The summed E-state index contributed by atoms with van der Waals surface area (Å²) in [6.07, 6.45) is 2.99. The summed E-state index contributed by atoms with van der Waals surface area (Å²) in [6.45, 7) is 4.29. The van der Waals surface area contributed by atoms with Gasteiger partial charge in [0.25, 0.3) is 0 Å². The van der Waals surface area contributed by atoms with Crippen LogP contribution >= 0.6 is 15.9 Å². The fourth-order valence-corrected chi connectivity index (χ4v) is 3.34. The predicted molar refractivity (Wildman–Crippen MR) is 77.4 cm³/mol. The van der Waals surface area contributed by atoms with Crippen LogP contribution in [-0.2, 0) is 11.2 Å². The van der Waals surface area contributed by atoms with Gasteiger partial charge in [-0.2, -0.15) is 0 Å². The van der Waals surface area contributed by atoms with E-state index < -0.39 is 0 Å². The summed E-state index contributed by atoms with van der Waals surface area (Å²) in [6, 6.07) is 4.72. The Labute approximate surface area is 121 Å². The van der Waals surface area contributed by atoms with Crippen LogP contribution in [0.1, 0.15) is 38.7 Å². The quantitative estimate of drug-likeness (QED) is 0.894. The van der Waals surface area contributed by atoms with Crippen LogP contribution in [0, 0.1) is 11.7 Å². The van der Waals surface area contributed by atoms with Crippen LogP contribution in [0.25, 0.3) is 0 Å². The molecule has 2 rings (SSSR count). The zero-order valence-electron chi connectivity index (χ0n) is 11.3. The Balaban J connectivity index is 2.25. The van der Waals surface area contributed by atoms with E-state index in [2.05, 4.69) is 35.1 Å². The van der Waals surface area contributed by atoms with Crippen LogP contribution in [0.2, 0.25) is 0 Å². The Bertz CT molecular complexity index is 489. The van der Waals surface area contributed by atoms with Crippen LogP contribution in [0.5, 0.6) is 0 Å². The molecule has 1 saturated heterocycles. The van der Waals surface area contributed by atoms with Gasteiger partial charge in [-0.1, -0.05) is 29.8 Å². The number of carbonyl (C=O) groups excluding carboxylic acids is 1. The minimum atomic E-state index is -0.234. The second kappa shape index (κ2) is 5.61. The van der Waals surface area contributed by atoms with Crippen molar-refractivity contribution in [2.45, 2.75) is 45.1 Å². The fraction of sp³-hybridized carbons (Fsp3) is 0.533. The SMILES string of the molecule is CC(C)CC1(Cc2cc(F)ccc2Br)CCC(=O)N1. The van der Waals surface area contributed by atoms with E-state index in [0.29, 0.717) is 18.8 Å². The minimum absolute atomic E-state index is 0.105. The van der Waals surface area contributed by atoms with Crippen LogP contribution in [0.15, 0.2) is 22.7 Å². The molecule has 0 bridgehead atoms. The standard InChI is InChI=1S/C15H19BrFNO/c1-10(2)8-15(6-5-14(19)18-15)9-11-7-12(17)3-4-13(11)16/h3-4,7,10H,5-6,8-9H2,1-2H3,(H,18,19). The van der Waals surface area contributed by atoms with Gasteiger partial charge in [-0.15, -0.1) is 0 Å². The van der Waals surface area contributed by atoms with E-state index in [4.69, 9.17) is 0 Å². The first-order valence-corrected chi connectivity index (χ1v) is 7.44. The summed E-state index contributed by atoms with van der Waals surface area (Å²) >= 11 is 3.46. The lowest BCUT2D eigenvalue weighted by molar-refractivity contribution is -0.119. The number of rotatable bonds is 4. The van der Waals surface area contributed by atoms with Crippen LogP contribution in [-0.4, -0.2) is 11.4 Å². The molecule has 1 atom stereocenters. The highest BCUT2D eigenvalue weighted by Crippen LogP contribution is 2.33. The molecule has 1 amide bonds. The van der Waals surface area contributed by atoms with Crippen molar-refractivity contribution in [3.05, 3.63) is 34.1 Å². The Morgan fingerprint density at radius 3 is 2.79 bits per heavy atom. The second-order valence-electron chi connectivity index (χ2n) is 5.84. The van der Waals surface area contributed by atoms with Gasteiger partial charge in [-0.05, 0) is 48.9 Å². The smallest absolute Gasteiger partial charge is 0.220 e. The summed E-state index contributed by atoms with van der Waals surface area (Å²) in [5.41, 5.74) is 0.699. The van der Waals surface area contributed by atoms with E-state index in [9.17, 15) is 9.18 Å². The zero-order chi connectivity index (χ0) is 14.0. The van der Waals surface area contributed by atoms with Gasteiger partial charge in [-0.25, -0.2) is 4.39 Å². The van der Waals surface area contributed by atoms with Crippen molar-refractivity contribution < 1.29 is 9.18 Å². The van der Waals surface area contributed by atoms with Gasteiger partial charge in [0.1, 0.15) is 5.82 Å². The van der Waals surface area contributed by atoms with Crippen molar-refractivity contribution >= 4 is 21.8 Å². The van der Waals surface area contributed by atoms with Crippen LogP contribution in [0.4, 0.5) is 4.39 Å².